The fraction of sp³-hybridized carbons (Fsp3) is 0.217. The molecule has 6 N–H and O–H groups in total. The van der Waals surface area contributed by atoms with Gasteiger partial charge in [0.25, 0.3) is 0 Å². The molecule has 0 aliphatic rings. The second kappa shape index (κ2) is 12.8. The van der Waals surface area contributed by atoms with E-state index >= 15 is 0 Å². The van der Waals surface area contributed by atoms with Crippen molar-refractivity contribution in [1.82, 2.24) is 0 Å². The smallest absolute Gasteiger partial charge is 0.163 e. The summed E-state index contributed by atoms with van der Waals surface area (Å²) in [7, 11) is 1.44. The van der Waals surface area contributed by atoms with Crippen LogP contribution in [0.15, 0.2) is 48.6 Å². The highest BCUT2D eigenvalue weighted by molar-refractivity contribution is 6.10. The normalized spacial score (nSPS) is 10.6. The topological polar surface area (TPSA) is 156 Å². The summed E-state index contributed by atoms with van der Waals surface area (Å²) in [5, 5.41) is 19.4. The molecule has 0 atom stereocenters. The van der Waals surface area contributed by atoms with Gasteiger partial charge in [0.2, 0.25) is 0 Å². The summed E-state index contributed by atoms with van der Waals surface area (Å²) in [6.45, 7) is 3.69. The number of hydrogen-bond donors (Lipinski definition) is 2. The molecule has 0 heterocycles. The minimum Gasteiger partial charge on any atom is -0.504 e. The van der Waals surface area contributed by atoms with Crippen LogP contribution in [0.3, 0.4) is 0 Å². The van der Waals surface area contributed by atoms with Crippen molar-refractivity contribution in [1.29, 1.82) is 0 Å². The van der Waals surface area contributed by atoms with Gasteiger partial charge in [-0.15, -0.1) is 0 Å². The summed E-state index contributed by atoms with van der Waals surface area (Å²) < 4.78 is 10.5. The van der Waals surface area contributed by atoms with Gasteiger partial charge in [0.05, 0.1) is 19.6 Å². The molecule has 0 amide bonds. The summed E-state index contributed by atoms with van der Waals surface area (Å²) in [5.74, 6) is -0.0318. The van der Waals surface area contributed by atoms with Gasteiger partial charge < -0.3 is 30.6 Å². The summed E-state index contributed by atoms with van der Waals surface area (Å²) in [5.41, 5.74) is 1.34. The van der Waals surface area contributed by atoms with E-state index in [0.717, 1.165) is 0 Å². The Bertz CT molecular complexity index is 945. The summed E-state index contributed by atoms with van der Waals surface area (Å²) in [4.78, 5) is 24.0. The van der Waals surface area contributed by atoms with Crippen LogP contribution in [0.4, 0.5) is 0 Å². The van der Waals surface area contributed by atoms with Crippen molar-refractivity contribution in [3.63, 3.8) is 0 Å². The van der Waals surface area contributed by atoms with Gasteiger partial charge in [-0.1, -0.05) is 24.3 Å². The minimum absolute atomic E-state index is 0. The lowest BCUT2D eigenvalue weighted by molar-refractivity contribution is -0.121. The molecule has 0 spiro atoms. The summed E-state index contributed by atoms with van der Waals surface area (Å²) >= 11 is 0. The van der Waals surface area contributed by atoms with Crippen LogP contribution in [0.5, 0.6) is 23.0 Å². The van der Waals surface area contributed by atoms with E-state index in [9.17, 15) is 19.8 Å². The van der Waals surface area contributed by atoms with Gasteiger partial charge >= 0.3 is 0 Å². The third-order valence-corrected chi connectivity index (χ3v) is 3.82. The van der Waals surface area contributed by atoms with Crippen molar-refractivity contribution < 1.29 is 40.2 Å². The SMILES string of the molecule is COc1cc(/C=C/C(=O)CC(=O)/C=C/c2ccc(O)c(OC(C)C)c2)ccc1O.O.O. The van der Waals surface area contributed by atoms with E-state index in [0.29, 0.717) is 22.6 Å². The van der Waals surface area contributed by atoms with Gasteiger partial charge in [-0.05, 0) is 61.4 Å². The number of hydrogen-bond acceptors (Lipinski definition) is 6. The zero-order valence-electron chi connectivity index (χ0n) is 17.6. The van der Waals surface area contributed by atoms with Crippen molar-refractivity contribution in [3.8, 4) is 23.0 Å². The van der Waals surface area contributed by atoms with Crippen molar-refractivity contribution in [2.45, 2.75) is 26.4 Å². The van der Waals surface area contributed by atoms with Gasteiger partial charge in [-0.3, -0.25) is 9.59 Å². The average molecular weight is 432 g/mol. The number of ketones is 2. The van der Waals surface area contributed by atoms with Crippen molar-refractivity contribution >= 4 is 23.7 Å². The van der Waals surface area contributed by atoms with E-state index in [4.69, 9.17) is 9.47 Å². The van der Waals surface area contributed by atoms with Crippen molar-refractivity contribution in [2.75, 3.05) is 7.11 Å². The van der Waals surface area contributed by atoms with Crippen LogP contribution in [-0.4, -0.2) is 45.9 Å². The van der Waals surface area contributed by atoms with Gasteiger partial charge in [-0.25, -0.2) is 0 Å². The minimum atomic E-state index is -0.346. The van der Waals surface area contributed by atoms with E-state index in [1.54, 1.807) is 36.4 Å². The Labute approximate surface area is 180 Å². The first kappa shape index (κ1) is 27.4. The number of allylic oxidation sites excluding steroid dienone is 2. The Morgan fingerprint density at radius 2 is 1.32 bits per heavy atom. The number of phenolic OH excluding ortho intramolecular Hbond substituents is 2. The Kier molecular flexibility index (Phi) is 11.3. The maximum absolute atomic E-state index is 12.0. The van der Waals surface area contributed by atoms with Crippen LogP contribution >= 0.6 is 0 Å². The second-order valence-electron chi connectivity index (χ2n) is 6.60. The number of benzene rings is 2. The molecular weight excluding hydrogens is 404 g/mol. The number of rotatable bonds is 9. The predicted octanol–water partition coefficient (Wildman–Crippen LogP) is 2.50. The molecule has 0 aliphatic carbocycles. The molecule has 8 nitrogen and oxygen atoms in total. The number of phenols is 2. The molecule has 0 aliphatic heterocycles. The fourth-order valence-electron chi connectivity index (χ4n) is 2.45. The van der Waals surface area contributed by atoms with Crippen LogP contribution in [0.25, 0.3) is 12.2 Å². The Morgan fingerprint density at radius 3 is 1.77 bits per heavy atom. The highest BCUT2D eigenvalue weighted by Crippen LogP contribution is 2.28. The maximum atomic E-state index is 12.0. The molecule has 2 aromatic rings. The molecular formula is C23H28O8. The molecule has 0 saturated carbocycles. The first-order valence-electron chi connectivity index (χ1n) is 9.07. The number of ether oxygens (including phenoxy) is 2. The largest absolute Gasteiger partial charge is 0.504 e. The molecule has 0 fully saturated rings. The van der Waals surface area contributed by atoms with E-state index < -0.39 is 0 Å². The molecule has 31 heavy (non-hydrogen) atoms. The zero-order chi connectivity index (χ0) is 21.4. The van der Waals surface area contributed by atoms with Gasteiger partial charge in [-0.2, -0.15) is 0 Å². The molecule has 2 aromatic carbocycles. The first-order chi connectivity index (χ1) is 13.8. The molecule has 8 heteroatoms. The highest BCUT2D eigenvalue weighted by Gasteiger charge is 2.07. The Morgan fingerprint density at radius 1 is 0.871 bits per heavy atom. The number of aromatic hydroxyl groups is 2. The van der Waals surface area contributed by atoms with Crippen LogP contribution in [0.1, 0.15) is 31.4 Å². The van der Waals surface area contributed by atoms with E-state index in [1.165, 1.54) is 31.4 Å². The third-order valence-electron chi connectivity index (χ3n) is 3.82. The molecule has 0 bridgehead atoms. The monoisotopic (exact) mass is 432 g/mol. The van der Waals surface area contributed by atoms with Crippen molar-refractivity contribution in [3.05, 3.63) is 59.7 Å². The number of methoxy groups -OCH3 is 1. The zero-order valence-corrected chi connectivity index (χ0v) is 17.6. The number of carbonyl (C=O) groups is 2. The van der Waals surface area contributed by atoms with Crippen LogP contribution in [0.2, 0.25) is 0 Å². The summed E-state index contributed by atoms with van der Waals surface area (Å²) in [6.07, 6.45) is 5.39. The van der Waals surface area contributed by atoms with Crippen LogP contribution < -0.4 is 9.47 Å². The quantitative estimate of drug-likeness (QED) is 0.458. The van der Waals surface area contributed by atoms with E-state index in [1.807, 2.05) is 13.8 Å². The van der Waals surface area contributed by atoms with Crippen LogP contribution in [0, 0.1) is 0 Å². The lowest BCUT2D eigenvalue weighted by Gasteiger charge is -2.11. The second-order valence-corrected chi connectivity index (χ2v) is 6.60. The fourth-order valence-corrected chi connectivity index (χ4v) is 2.45. The summed E-state index contributed by atoms with van der Waals surface area (Å²) in [6, 6.07) is 9.44. The van der Waals surface area contributed by atoms with Crippen LogP contribution in [-0.2, 0) is 9.59 Å². The average Bonchev–Trinajstić information content (AvgIpc) is 2.67. The molecule has 2 rings (SSSR count). The highest BCUT2D eigenvalue weighted by atomic mass is 16.5. The van der Waals surface area contributed by atoms with Gasteiger partial charge in [0, 0.05) is 0 Å². The molecule has 0 saturated heterocycles. The molecule has 0 radical (unpaired) electrons. The maximum Gasteiger partial charge on any atom is 0.163 e. The molecule has 0 unspecified atom stereocenters. The van der Waals surface area contributed by atoms with E-state index in [-0.39, 0.29) is 46.5 Å². The van der Waals surface area contributed by atoms with Gasteiger partial charge in [0.15, 0.2) is 34.6 Å². The molecule has 168 valence electrons. The number of carbonyl (C=O) groups excluding carboxylic acids is 2. The van der Waals surface area contributed by atoms with Crippen molar-refractivity contribution in [2.24, 2.45) is 0 Å². The predicted molar refractivity (Wildman–Crippen MR) is 118 cm³/mol. The first-order valence-corrected chi connectivity index (χ1v) is 9.07. The lowest BCUT2D eigenvalue weighted by atomic mass is 10.1. The lowest BCUT2D eigenvalue weighted by Crippen LogP contribution is -2.05. The standard InChI is InChI=1S/C23H24O6.2H2O/c1-15(2)29-23-13-17(7-11-21(23)27)5-9-19(25)14-18(24)8-4-16-6-10-20(26)22(12-16)28-3;;/h4-13,15,26-27H,14H2,1-3H3;2*1H2/b8-4+,9-5+;;. The third kappa shape index (κ3) is 8.73. The van der Waals surface area contributed by atoms with E-state index in [2.05, 4.69) is 0 Å². The molecule has 0 aromatic heterocycles. The Hall–Kier alpha value is -3.62. The van der Waals surface area contributed by atoms with Gasteiger partial charge in [0.1, 0.15) is 0 Å². The Balaban J connectivity index is 0.00000450.